The van der Waals surface area contributed by atoms with E-state index in [4.69, 9.17) is 10.00 Å². The number of rotatable bonds is 5. The molecule has 0 N–H and O–H groups in total. The Balaban J connectivity index is 0.00000200. The van der Waals surface area contributed by atoms with Crippen LogP contribution in [0.1, 0.15) is 31.7 Å². The minimum Gasteiger partial charge on any atom is -0.492 e. The van der Waals surface area contributed by atoms with Gasteiger partial charge in [-0.3, -0.25) is 0 Å². The maximum Gasteiger partial charge on any atom is 0.137 e. The van der Waals surface area contributed by atoms with Crippen molar-refractivity contribution in [3.63, 3.8) is 0 Å². The van der Waals surface area contributed by atoms with Crippen LogP contribution in [0.4, 0.5) is 0 Å². The van der Waals surface area contributed by atoms with Gasteiger partial charge in [-0.05, 0) is 50.4 Å². The van der Waals surface area contributed by atoms with Crippen LogP contribution in [0.25, 0.3) is 0 Å². The highest BCUT2D eigenvalue weighted by Crippen LogP contribution is 2.18. The lowest BCUT2D eigenvalue weighted by atomic mass is 9.99. The molecule has 1 aromatic rings. The van der Waals surface area contributed by atoms with Gasteiger partial charge in [-0.15, -0.1) is 12.4 Å². The standard InChI is InChI=1S/C16H22N2O.ClH/c1-14-7-10-18(11-8-14)9-4-12-19-16-6-3-2-5-15(16)13-17;/h2-3,5-6,14H,4,7-12H2,1H3;1H. The first-order valence-electron chi connectivity index (χ1n) is 7.14. The molecule has 1 heterocycles. The molecule has 3 nitrogen and oxygen atoms in total. The second kappa shape index (κ2) is 8.84. The van der Waals surface area contributed by atoms with E-state index < -0.39 is 0 Å². The summed E-state index contributed by atoms with van der Waals surface area (Å²) in [5.74, 6) is 1.59. The van der Waals surface area contributed by atoms with Crippen molar-refractivity contribution in [2.45, 2.75) is 26.2 Å². The average molecular weight is 295 g/mol. The molecule has 1 aromatic carbocycles. The summed E-state index contributed by atoms with van der Waals surface area (Å²) in [6, 6.07) is 9.58. The number of hydrogen-bond donors (Lipinski definition) is 0. The first-order chi connectivity index (χ1) is 9.29. The van der Waals surface area contributed by atoms with Crippen LogP contribution in [0.3, 0.4) is 0 Å². The lowest BCUT2D eigenvalue weighted by Gasteiger charge is -2.30. The fraction of sp³-hybridized carbons (Fsp3) is 0.562. The van der Waals surface area contributed by atoms with Crippen molar-refractivity contribution in [2.75, 3.05) is 26.2 Å². The smallest absolute Gasteiger partial charge is 0.137 e. The van der Waals surface area contributed by atoms with E-state index in [0.717, 1.165) is 18.9 Å². The molecule has 0 radical (unpaired) electrons. The fourth-order valence-electron chi connectivity index (χ4n) is 2.44. The molecule has 20 heavy (non-hydrogen) atoms. The van der Waals surface area contributed by atoms with Crippen LogP contribution >= 0.6 is 12.4 Å². The molecule has 1 aliphatic heterocycles. The first kappa shape index (κ1) is 16.8. The fourth-order valence-corrected chi connectivity index (χ4v) is 2.44. The predicted octanol–water partition coefficient (Wildman–Crippen LogP) is 3.48. The van der Waals surface area contributed by atoms with Gasteiger partial charge in [0.1, 0.15) is 11.8 Å². The zero-order chi connectivity index (χ0) is 13.5. The molecule has 1 saturated heterocycles. The largest absolute Gasteiger partial charge is 0.492 e. The summed E-state index contributed by atoms with van der Waals surface area (Å²) in [6.45, 7) is 6.55. The van der Waals surface area contributed by atoms with Gasteiger partial charge in [-0.1, -0.05) is 19.1 Å². The number of halogens is 1. The molecule has 1 aliphatic rings. The summed E-state index contributed by atoms with van der Waals surface area (Å²) < 4.78 is 5.69. The highest BCUT2D eigenvalue weighted by molar-refractivity contribution is 5.85. The van der Waals surface area contributed by atoms with Gasteiger partial charge in [-0.25, -0.2) is 0 Å². The van der Waals surface area contributed by atoms with E-state index in [9.17, 15) is 0 Å². The maximum absolute atomic E-state index is 8.97. The number of piperidine rings is 1. The molecule has 110 valence electrons. The highest BCUT2D eigenvalue weighted by Gasteiger charge is 2.14. The van der Waals surface area contributed by atoms with Crippen molar-refractivity contribution >= 4 is 12.4 Å². The summed E-state index contributed by atoms with van der Waals surface area (Å²) in [7, 11) is 0. The molecule has 0 atom stereocenters. The summed E-state index contributed by atoms with van der Waals surface area (Å²) in [5.41, 5.74) is 0.620. The van der Waals surface area contributed by atoms with E-state index in [1.54, 1.807) is 6.07 Å². The third-order valence-corrected chi connectivity index (χ3v) is 3.76. The normalized spacial score (nSPS) is 16.2. The Morgan fingerprint density at radius 2 is 2.00 bits per heavy atom. The molecule has 0 amide bonds. The third kappa shape index (κ3) is 5.03. The molecule has 1 fully saturated rings. The molecular formula is C16H23ClN2O. The monoisotopic (exact) mass is 294 g/mol. The van der Waals surface area contributed by atoms with Gasteiger partial charge in [0, 0.05) is 6.54 Å². The van der Waals surface area contributed by atoms with E-state index >= 15 is 0 Å². The topological polar surface area (TPSA) is 36.3 Å². The Morgan fingerprint density at radius 3 is 2.70 bits per heavy atom. The van der Waals surface area contributed by atoms with Gasteiger partial charge in [0.15, 0.2) is 0 Å². The number of nitrogens with zero attached hydrogens (tertiary/aromatic N) is 2. The molecule has 0 saturated carbocycles. The summed E-state index contributed by atoms with van der Waals surface area (Å²) in [6.07, 6.45) is 3.66. The number of ether oxygens (including phenoxy) is 1. The van der Waals surface area contributed by atoms with Gasteiger partial charge >= 0.3 is 0 Å². The van der Waals surface area contributed by atoms with Crippen LogP contribution in [-0.2, 0) is 0 Å². The number of nitriles is 1. The Kier molecular flexibility index (Phi) is 7.43. The zero-order valence-electron chi connectivity index (χ0n) is 12.0. The van der Waals surface area contributed by atoms with Gasteiger partial charge in [-0.2, -0.15) is 5.26 Å². The van der Waals surface area contributed by atoms with Gasteiger partial charge < -0.3 is 9.64 Å². The Hall–Kier alpha value is -1.24. The van der Waals surface area contributed by atoms with Crippen molar-refractivity contribution in [2.24, 2.45) is 5.92 Å². The van der Waals surface area contributed by atoms with Crippen LogP contribution in [-0.4, -0.2) is 31.1 Å². The second-order valence-electron chi connectivity index (χ2n) is 5.33. The minimum absolute atomic E-state index is 0. The van der Waals surface area contributed by atoms with Gasteiger partial charge in [0.25, 0.3) is 0 Å². The molecular weight excluding hydrogens is 272 g/mol. The van der Waals surface area contributed by atoms with Gasteiger partial charge in [0.05, 0.1) is 12.2 Å². The van der Waals surface area contributed by atoms with Crippen LogP contribution in [0, 0.1) is 17.2 Å². The lowest BCUT2D eigenvalue weighted by Crippen LogP contribution is -2.34. The molecule has 0 aliphatic carbocycles. The van der Waals surface area contributed by atoms with Crippen molar-refractivity contribution in [3.8, 4) is 11.8 Å². The second-order valence-corrected chi connectivity index (χ2v) is 5.33. The van der Waals surface area contributed by atoms with E-state index in [1.807, 2.05) is 18.2 Å². The number of para-hydroxylation sites is 1. The van der Waals surface area contributed by atoms with Crippen LogP contribution in [0.2, 0.25) is 0 Å². The average Bonchev–Trinajstić information content (AvgIpc) is 2.46. The Bertz CT molecular complexity index is 436. The van der Waals surface area contributed by atoms with Crippen LogP contribution in [0.15, 0.2) is 24.3 Å². The summed E-state index contributed by atoms with van der Waals surface area (Å²) in [5, 5.41) is 8.97. The quantitative estimate of drug-likeness (QED) is 0.780. The van der Waals surface area contributed by atoms with Crippen molar-refractivity contribution < 1.29 is 4.74 Å². The summed E-state index contributed by atoms with van der Waals surface area (Å²) in [4.78, 5) is 2.51. The van der Waals surface area contributed by atoms with Gasteiger partial charge in [0.2, 0.25) is 0 Å². The van der Waals surface area contributed by atoms with E-state index in [1.165, 1.54) is 25.9 Å². The molecule has 2 rings (SSSR count). The molecule has 4 heteroatoms. The maximum atomic E-state index is 8.97. The zero-order valence-corrected chi connectivity index (χ0v) is 12.9. The highest BCUT2D eigenvalue weighted by atomic mass is 35.5. The molecule has 0 bridgehead atoms. The number of benzene rings is 1. The molecule has 0 spiro atoms. The van der Waals surface area contributed by atoms with Crippen LogP contribution < -0.4 is 4.74 Å². The Labute approximate surface area is 127 Å². The van der Waals surface area contributed by atoms with Crippen molar-refractivity contribution in [1.82, 2.24) is 4.90 Å². The number of likely N-dealkylation sites (tertiary alicyclic amines) is 1. The van der Waals surface area contributed by atoms with Crippen molar-refractivity contribution in [1.29, 1.82) is 5.26 Å². The first-order valence-corrected chi connectivity index (χ1v) is 7.14. The van der Waals surface area contributed by atoms with E-state index in [2.05, 4.69) is 17.9 Å². The van der Waals surface area contributed by atoms with Crippen LogP contribution in [0.5, 0.6) is 5.75 Å². The molecule has 0 unspecified atom stereocenters. The SMILES string of the molecule is CC1CCN(CCCOc2ccccc2C#N)CC1.Cl. The minimum atomic E-state index is 0. The third-order valence-electron chi connectivity index (χ3n) is 3.76. The lowest BCUT2D eigenvalue weighted by molar-refractivity contribution is 0.177. The van der Waals surface area contributed by atoms with Crippen molar-refractivity contribution in [3.05, 3.63) is 29.8 Å². The number of hydrogen-bond acceptors (Lipinski definition) is 3. The summed E-state index contributed by atoms with van der Waals surface area (Å²) >= 11 is 0. The predicted molar refractivity (Wildman–Crippen MR) is 83.4 cm³/mol. The Morgan fingerprint density at radius 1 is 1.30 bits per heavy atom. The van der Waals surface area contributed by atoms with E-state index in [0.29, 0.717) is 17.9 Å². The molecule has 0 aromatic heterocycles. The van der Waals surface area contributed by atoms with E-state index in [-0.39, 0.29) is 12.4 Å².